The normalized spacial score (nSPS) is 12.5. The van der Waals surface area contributed by atoms with Crippen LogP contribution in [0.3, 0.4) is 0 Å². The number of rotatable bonds is 4. The fourth-order valence-corrected chi connectivity index (χ4v) is 1.82. The molecule has 0 aliphatic carbocycles. The first-order valence-electron chi connectivity index (χ1n) is 7.03. The lowest BCUT2D eigenvalue weighted by atomic mass is 10.1. The van der Waals surface area contributed by atoms with Gasteiger partial charge < -0.3 is 15.0 Å². The van der Waals surface area contributed by atoms with Crippen LogP contribution in [-0.2, 0) is 16.0 Å². The summed E-state index contributed by atoms with van der Waals surface area (Å²) in [5.74, 6) is -0.602. The fraction of sp³-hybridized carbons (Fsp3) is 0.500. The molecule has 6 heteroatoms. The summed E-state index contributed by atoms with van der Waals surface area (Å²) in [7, 11) is 3.22. The quantitative estimate of drug-likeness (QED) is 0.928. The minimum atomic E-state index is -0.768. The van der Waals surface area contributed by atoms with E-state index in [4.69, 9.17) is 4.74 Å². The summed E-state index contributed by atoms with van der Waals surface area (Å²) in [5, 5.41) is 2.57. The number of carbonyl (C=O) groups excluding carboxylic acids is 2. The van der Waals surface area contributed by atoms with Crippen LogP contribution in [0.25, 0.3) is 0 Å². The summed E-state index contributed by atoms with van der Waals surface area (Å²) in [4.78, 5) is 25.5. The first kappa shape index (κ1) is 17.9. The van der Waals surface area contributed by atoms with Crippen LogP contribution in [0, 0.1) is 5.82 Å². The van der Waals surface area contributed by atoms with E-state index in [2.05, 4.69) is 5.32 Å². The molecule has 0 saturated heterocycles. The maximum absolute atomic E-state index is 12.9. The van der Waals surface area contributed by atoms with Crippen LogP contribution in [0.1, 0.15) is 26.3 Å². The number of nitrogens with one attached hydrogen (secondary N) is 1. The lowest BCUT2D eigenvalue weighted by molar-refractivity contribution is -0.130. The molecule has 0 radical (unpaired) electrons. The number of hydrogen-bond acceptors (Lipinski definition) is 3. The molecule has 0 fully saturated rings. The van der Waals surface area contributed by atoms with E-state index < -0.39 is 17.7 Å². The molecular formula is C16H23FN2O3. The Morgan fingerprint density at radius 3 is 2.23 bits per heavy atom. The zero-order chi connectivity index (χ0) is 16.9. The Hall–Kier alpha value is -2.11. The van der Waals surface area contributed by atoms with Crippen molar-refractivity contribution in [1.29, 1.82) is 0 Å². The monoisotopic (exact) mass is 310 g/mol. The van der Waals surface area contributed by atoms with Crippen LogP contribution >= 0.6 is 0 Å². The molecule has 1 aromatic carbocycles. The molecule has 1 aromatic rings. The molecule has 5 nitrogen and oxygen atoms in total. The van der Waals surface area contributed by atoms with Crippen LogP contribution in [-0.4, -0.2) is 42.6 Å². The summed E-state index contributed by atoms with van der Waals surface area (Å²) in [6.07, 6.45) is -0.397. The van der Waals surface area contributed by atoms with Gasteiger partial charge in [0.1, 0.15) is 17.5 Å². The summed E-state index contributed by atoms with van der Waals surface area (Å²) < 4.78 is 18.1. The van der Waals surface area contributed by atoms with Crippen LogP contribution < -0.4 is 5.32 Å². The first-order valence-corrected chi connectivity index (χ1v) is 7.03. The van der Waals surface area contributed by atoms with E-state index in [-0.39, 0.29) is 18.1 Å². The van der Waals surface area contributed by atoms with Gasteiger partial charge in [0.2, 0.25) is 5.91 Å². The molecule has 1 N–H and O–H groups in total. The van der Waals surface area contributed by atoms with E-state index in [1.807, 2.05) is 0 Å². The molecule has 0 bridgehead atoms. The van der Waals surface area contributed by atoms with E-state index in [0.29, 0.717) is 0 Å². The molecule has 0 saturated carbocycles. The molecule has 0 heterocycles. The molecule has 122 valence electrons. The predicted octanol–water partition coefficient (Wildman–Crippen LogP) is 2.35. The van der Waals surface area contributed by atoms with Crippen molar-refractivity contribution in [2.24, 2.45) is 0 Å². The van der Waals surface area contributed by atoms with Crippen molar-refractivity contribution in [3.8, 4) is 0 Å². The lowest BCUT2D eigenvalue weighted by Gasteiger charge is -2.25. The number of alkyl carbamates (subject to hydrolysis) is 1. The van der Waals surface area contributed by atoms with Gasteiger partial charge in [0.15, 0.2) is 0 Å². The molecule has 0 aliphatic heterocycles. The van der Waals surface area contributed by atoms with Crippen molar-refractivity contribution >= 4 is 12.0 Å². The van der Waals surface area contributed by atoms with Gasteiger partial charge in [0.25, 0.3) is 0 Å². The Balaban J connectivity index is 2.82. The van der Waals surface area contributed by atoms with Crippen molar-refractivity contribution in [1.82, 2.24) is 10.2 Å². The Bertz CT molecular complexity index is 521. The predicted molar refractivity (Wildman–Crippen MR) is 82.0 cm³/mol. The van der Waals surface area contributed by atoms with Crippen LogP contribution in [0.15, 0.2) is 24.3 Å². The van der Waals surface area contributed by atoms with Gasteiger partial charge >= 0.3 is 6.09 Å². The Morgan fingerprint density at radius 2 is 1.77 bits per heavy atom. The molecule has 0 spiro atoms. The highest BCUT2D eigenvalue weighted by Crippen LogP contribution is 2.10. The van der Waals surface area contributed by atoms with E-state index in [9.17, 15) is 14.0 Å². The van der Waals surface area contributed by atoms with Gasteiger partial charge in [0.05, 0.1) is 0 Å². The van der Waals surface area contributed by atoms with E-state index >= 15 is 0 Å². The number of hydrogen-bond donors (Lipinski definition) is 1. The van der Waals surface area contributed by atoms with Gasteiger partial charge in [-0.1, -0.05) is 12.1 Å². The number of halogens is 1. The highest BCUT2D eigenvalue weighted by molar-refractivity contribution is 5.85. The van der Waals surface area contributed by atoms with Crippen LogP contribution in [0.2, 0.25) is 0 Å². The maximum atomic E-state index is 12.9. The minimum absolute atomic E-state index is 0.254. The molecular weight excluding hydrogens is 287 g/mol. The molecule has 1 unspecified atom stereocenters. The van der Waals surface area contributed by atoms with Gasteiger partial charge in [-0.25, -0.2) is 9.18 Å². The van der Waals surface area contributed by atoms with E-state index in [0.717, 1.165) is 5.56 Å². The first-order chi connectivity index (χ1) is 10.1. The van der Waals surface area contributed by atoms with Crippen molar-refractivity contribution in [2.75, 3.05) is 14.1 Å². The van der Waals surface area contributed by atoms with E-state index in [1.165, 1.54) is 17.0 Å². The third kappa shape index (κ3) is 6.11. The summed E-state index contributed by atoms with van der Waals surface area (Å²) in [6.45, 7) is 5.24. The minimum Gasteiger partial charge on any atom is -0.444 e. The van der Waals surface area contributed by atoms with Crippen LogP contribution in [0.4, 0.5) is 9.18 Å². The summed E-state index contributed by atoms with van der Waals surface area (Å²) in [6, 6.07) is 5.04. The fourth-order valence-electron chi connectivity index (χ4n) is 1.82. The van der Waals surface area contributed by atoms with Crippen molar-refractivity contribution < 1.29 is 18.7 Å². The largest absolute Gasteiger partial charge is 0.444 e. The average molecular weight is 310 g/mol. The molecule has 22 heavy (non-hydrogen) atoms. The Labute approximate surface area is 130 Å². The second kappa shape index (κ2) is 7.24. The number of carbonyl (C=O) groups is 2. The SMILES string of the molecule is CN(C)C(=O)C(Cc1ccc(F)cc1)NC(=O)OC(C)(C)C. The Morgan fingerprint density at radius 1 is 1.23 bits per heavy atom. The van der Waals surface area contributed by atoms with Gasteiger partial charge in [-0.3, -0.25) is 4.79 Å². The number of likely N-dealkylation sites (N-methyl/N-ethyl adjacent to an activating group) is 1. The molecule has 0 aliphatic rings. The van der Waals surface area contributed by atoms with Crippen molar-refractivity contribution in [3.63, 3.8) is 0 Å². The van der Waals surface area contributed by atoms with Crippen molar-refractivity contribution in [3.05, 3.63) is 35.6 Å². The number of nitrogens with zero attached hydrogens (tertiary/aromatic N) is 1. The average Bonchev–Trinajstić information content (AvgIpc) is 2.37. The van der Waals surface area contributed by atoms with Crippen molar-refractivity contribution in [2.45, 2.75) is 38.8 Å². The Kier molecular flexibility index (Phi) is 5.91. The second-order valence-corrected chi connectivity index (χ2v) is 6.26. The molecule has 2 amide bonds. The highest BCUT2D eigenvalue weighted by atomic mass is 19.1. The zero-order valence-corrected chi connectivity index (χ0v) is 13.6. The second-order valence-electron chi connectivity index (χ2n) is 6.26. The van der Waals surface area contributed by atoms with Crippen LogP contribution in [0.5, 0.6) is 0 Å². The van der Waals surface area contributed by atoms with Gasteiger partial charge in [0, 0.05) is 20.5 Å². The zero-order valence-electron chi connectivity index (χ0n) is 13.6. The molecule has 1 rings (SSSR count). The maximum Gasteiger partial charge on any atom is 0.408 e. The molecule has 0 aromatic heterocycles. The summed E-state index contributed by atoms with van der Waals surface area (Å²) >= 11 is 0. The summed E-state index contributed by atoms with van der Waals surface area (Å²) in [5.41, 5.74) is 0.101. The number of amides is 2. The third-order valence-corrected chi connectivity index (χ3v) is 2.78. The standard InChI is InChI=1S/C16H23FN2O3/c1-16(2,3)22-15(21)18-13(14(20)19(4)5)10-11-6-8-12(17)9-7-11/h6-9,13H,10H2,1-5H3,(H,18,21). The number of ether oxygens (including phenoxy) is 1. The smallest absolute Gasteiger partial charge is 0.408 e. The third-order valence-electron chi connectivity index (χ3n) is 2.78. The van der Waals surface area contributed by atoms with Gasteiger partial charge in [-0.05, 0) is 38.5 Å². The van der Waals surface area contributed by atoms with E-state index in [1.54, 1.807) is 47.0 Å². The topological polar surface area (TPSA) is 58.6 Å². The number of benzene rings is 1. The molecule has 1 atom stereocenters. The van der Waals surface area contributed by atoms with Gasteiger partial charge in [-0.2, -0.15) is 0 Å². The highest BCUT2D eigenvalue weighted by Gasteiger charge is 2.25. The van der Waals surface area contributed by atoms with Gasteiger partial charge in [-0.15, -0.1) is 0 Å². The lowest BCUT2D eigenvalue weighted by Crippen LogP contribution is -2.48.